The third-order valence-corrected chi connectivity index (χ3v) is 3.22. The zero-order chi connectivity index (χ0) is 19.4. The summed E-state index contributed by atoms with van der Waals surface area (Å²) < 4.78 is 22.4. The molecule has 0 radical (unpaired) electrons. The van der Waals surface area contributed by atoms with Crippen molar-refractivity contribution in [2.45, 2.75) is 47.1 Å². The van der Waals surface area contributed by atoms with Gasteiger partial charge in [-0.3, -0.25) is 0 Å². The molecule has 0 aliphatic carbocycles. The van der Waals surface area contributed by atoms with Gasteiger partial charge in [-0.1, -0.05) is 0 Å². The molecule has 0 aliphatic heterocycles. The standard InChI is InChI=1S/C19H32N2O5/c1-6-23-16-12-15(13-17(24-7-2)18(16)25-8-3)21-19(22)20-10-9-11-26-14(4)5/h12-14H,6-11H2,1-5H3,(H2,20,21,22). The van der Waals surface area contributed by atoms with Gasteiger partial charge in [0.15, 0.2) is 11.5 Å². The van der Waals surface area contributed by atoms with Crippen molar-refractivity contribution in [2.75, 3.05) is 38.3 Å². The number of urea groups is 1. The normalized spacial score (nSPS) is 10.5. The summed E-state index contributed by atoms with van der Waals surface area (Å²) in [5.41, 5.74) is 0.580. The Labute approximate surface area is 156 Å². The topological polar surface area (TPSA) is 78.1 Å². The molecule has 7 heteroatoms. The second-order valence-electron chi connectivity index (χ2n) is 5.75. The van der Waals surface area contributed by atoms with E-state index in [4.69, 9.17) is 18.9 Å². The number of carbonyl (C=O) groups is 1. The highest BCUT2D eigenvalue weighted by atomic mass is 16.5. The van der Waals surface area contributed by atoms with Gasteiger partial charge in [-0.15, -0.1) is 0 Å². The Morgan fingerprint density at radius 2 is 1.58 bits per heavy atom. The molecule has 0 spiro atoms. The first kappa shape index (κ1) is 21.9. The quantitative estimate of drug-likeness (QED) is 0.549. The van der Waals surface area contributed by atoms with Gasteiger partial charge in [0.05, 0.1) is 31.6 Å². The molecule has 0 aromatic heterocycles. The van der Waals surface area contributed by atoms with Crippen LogP contribution in [0, 0.1) is 0 Å². The molecule has 0 fully saturated rings. The number of hydrogen-bond donors (Lipinski definition) is 2. The molecule has 0 heterocycles. The van der Waals surface area contributed by atoms with Crippen LogP contribution in [0.15, 0.2) is 12.1 Å². The molecule has 1 aromatic carbocycles. The van der Waals surface area contributed by atoms with Crippen molar-refractivity contribution in [3.05, 3.63) is 12.1 Å². The van der Waals surface area contributed by atoms with E-state index in [1.807, 2.05) is 34.6 Å². The van der Waals surface area contributed by atoms with Crippen LogP contribution in [-0.2, 0) is 4.74 Å². The van der Waals surface area contributed by atoms with E-state index in [9.17, 15) is 4.79 Å². The minimum absolute atomic E-state index is 0.196. The van der Waals surface area contributed by atoms with Gasteiger partial charge in [0.25, 0.3) is 0 Å². The smallest absolute Gasteiger partial charge is 0.319 e. The van der Waals surface area contributed by atoms with Gasteiger partial charge in [0.2, 0.25) is 5.75 Å². The van der Waals surface area contributed by atoms with Gasteiger partial charge < -0.3 is 29.6 Å². The summed E-state index contributed by atoms with van der Waals surface area (Å²) in [6.07, 6.45) is 0.949. The number of rotatable bonds is 12. The Bertz CT molecular complexity index is 522. The molecule has 0 saturated carbocycles. The Balaban J connectivity index is 2.73. The molecule has 0 bridgehead atoms. The number of anilines is 1. The summed E-state index contributed by atoms with van der Waals surface area (Å²) in [6.45, 7) is 12.3. The van der Waals surface area contributed by atoms with Crippen LogP contribution in [0.25, 0.3) is 0 Å². The second kappa shape index (κ2) is 12.2. The van der Waals surface area contributed by atoms with Gasteiger partial charge in [-0.25, -0.2) is 4.79 Å². The molecular formula is C19H32N2O5. The largest absolute Gasteiger partial charge is 0.490 e. The molecule has 0 atom stereocenters. The number of benzene rings is 1. The molecule has 0 unspecified atom stereocenters. The lowest BCUT2D eigenvalue weighted by atomic mass is 10.2. The fourth-order valence-corrected chi connectivity index (χ4v) is 2.23. The van der Waals surface area contributed by atoms with Gasteiger partial charge in [0.1, 0.15) is 0 Å². The monoisotopic (exact) mass is 368 g/mol. The predicted octanol–water partition coefficient (Wildman–Crippen LogP) is 3.82. The van der Waals surface area contributed by atoms with Crippen molar-refractivity contribution in [1.29, 1.82) is 0 Å². The number of carbonyl (C=O) groups excluding carboxylic acids is 1. The first-order valence-corrected chi connectivity index (χ1v) is 9.24. The highest BCUT2D eigenvalue weighted by Crippen LogP contribution is 2.40. The minimum atomic E-state index is -0.288. The summed E-state index contributed by atoms with van der Waals surface area (Å²) in [6, 6.07) is 3.18. The van der Waals surface area contributed by atoms with Crippen LogP contribution >= 0.6 is 0 Å². The fourth-order valence-electron chi connectivity index (χ4n) is 2.23. The average molecular weight is 368 g/mol. The Kier molecular flexibility index (Phi) is 10.3. The van der Waals surface area contributed by atoms with E-state index < -0.39 is 0 Å². The van der Waals surface area contributed by atoms with Crippen molar-refractivity contribution < 1.29 is 23.7 Å². The lowest BCUT2D eigenvalue weighted by molar-refractivity contribution is 0.0775. The van der Waals surface area contributed by atoms with E-state index in [1.54, 1.807) is 12.1 Å². The third kappa shape index (κ3) is 7.82. The molecule has 7 nitrogen and oxygen atoms in total. The van der Waals surface area contributed by atoms with Crippen molar-refractivity contribution in [3.8, 4) is 17.2 Å². The maximum absolute atomic E-state index is 12.1. The van der Waals surface area contributed by atoms with Crippen LogP contribution in [0.1, 0.15) is 41.0 Å². The lowest BCUT2D eigenvalue weighted by Gasteiger charge is -2.17. The SMILES string of the molecule is CCOc1cc(NC(=O)NCCCOC(C)C)cc(OCC)c1OCC. The molecule has 1 rings (SSSR count). The van der Waals surface area contributed by atoms with Crippen molar-refractivity contribution in [1.82, 2.24) is 5.32 Å². The second-order valence-corrected chi connectivity index (χ2v) is 5.75. The van der Waals surface area contributed by atoms with Gasteiger partial charge in [0, 0.05) is 25.3 Å². The summed E-state index contributed by atoms with van der Waals surface area (Å²) in [5, 5.41) is 5.61. The molecular weight excluding hydrogens is 336 g/mol. The van der Waals surface area contributed by atoms with E-state index in [0.717, 1.165) is 6.42 Å². The van der Waals surface area contributed by atoms with Gasteiger partial charge >= 0.3 is 6.03 Å². The summed E-state index contributed by atoms with van der Waals surface area (Å²) in [7, 11) is 0. The molecule has 1 aromatic rings. The fraction of sp³-hybridized carbons (Fsp3) is 0.632. The van der Waals surface area contributed by atoms with Gasteiger partial charge in [-0.2, -0.15) is 0 Å². The van der Waals surface area contributed by atoms with E-state index in [2.05, 4.69) is 10.6 Å². The van der Waals surface area contributed by atoms with Crippen LogP contribution < -0.4 is 24.8 Å². The molecule has 148 valence electrons. The van der Waals surface area contributed by atoms with Crippen LogP contribution in [0.4, 0.5) is 10.5 Å². The number of hydrogen-bond acceptors (Lipinski definition) is 5. The highest BCUT2D eigenvalue weighted by molar-refractivity contribution is 5.90. The average Bonchev–Trinajstić information content (AvgIpc) is 2.57. The van der Waals surface area contributed by atoms with E-state index in [1.165, 1.54) is 0 Å². The zero-order valence-electron chi connectivity index (χ0n) is 16.5. The van der Waals surface area contributed by atoms with Gasteiger partial charge in [-0.05, 0) is 41.0 Å². The number of amides is 2. The Hall–Kier alpha value is -2.15. The maximum atomic E-state index is 12.1. The van der Waals surface area contributed by atoms with Crippen LogP contribution in [0.5, 0.6) is 17.2 Å². The highest BCUT2D eigenvalue weighted by Gasteiger charge is 2.16. The third-order valence-electron chi connectivity index (χ3n) is 3.22. The lowest BCUT2D eigenvalue weighted by Crippen LogP contribution is -2.30. The van der Waals surface area contributed by atoms with Crippen LogP contribution in [0.2, 0.25) is 0 Å². The zero-order valence-corrected chi connectivity index (χ0v) is 16.5. The summed E-state index contributed by atoms with van der Waals surface area (Å²) in [4.78, 5) is 12.1. The number of ether oxygens (including phenoxy) is 4. The molecule has 2 amide bonds. The van der Waals surface area contributed by atoms with E-state index in [0.29, 0.717) is 55.9 Å². The Morgan fingerprint density at radius 3 is 2.08 bits per heavy atom. The molecule has 26 heavy (non-hydrogen) atoms. The molecule has 0 saturated heterocycles. The first-order chi connectivity index (χ1) is 12.5. The Morgan fingerprint density at radius 1 is 1.00 bits per heavy atom. The summed E-state index contributed by atoms with van der Waals surface area (Å²) >= 11 is 0. The van der Waals surface area contributed by atoms with E-state index >= 15 is 0 Å². The molecule has 0 aliphatic rings. The predicted molar refractivity (Wildman–Crippen MR) is 103 cm³/mol. The van der Waals surface area contributed by atoms with Crippen molar-refractivity contribution >= 4 is 11.7 Å². The maximum Gasteiger partial charge on any atom is 0.319 e. The van der Waals surface area contributed by atoms with E-state index in [-0.39, 0.29) is 12.1 Å². The summed E-state index contributed by atoms with van der Waals surface area (Å²) in [5.74, 6) is 1.63. The van der Waals surface area contributed by atoms with Crippen LogP contribution in [0.3, 0.4) is 0 Å². The molecule has 2 N–H and O–H groups in total. The van der Waals surface area contributed by atoms with Crippen LogP contribution in [-0.4, -0.2) is 45.1 Å². The van der Waals surface area contributed by atoms with Crippen molar-refractivity contribution in [3.63, 3.8) is 0 Å². The number of nitrogens with one attached hydrogen (secondary N) is 2. The first-order valence-electron chi connectivity index (χ1n) is 9.24. The minimum Gasteiger partial charge on any atom is -0.490 e. The van der Waals surface area contributed by atoms with Crippen molar-refractivity contribution in [2.24, 2.45) is 0 Å².